The Morgan fingerprint density at radius 3 is 2.48 bits per heavy atom. The fraction of sp³-hybridized carbons (Fsp3) is 0.357. The molecule has 0 fully saturated rings. The van der Waals surface area contributed by atoms with Gasteiger partial charge in [-0.2, -0.15) is 13.2 Å². The van der Waals surface area contributed by atoms with E-state index in [1.54, 1.807) is 5.32 Å². The maximum absolute atomic E-state index is 11.9. The molecule has 1 aromatic rings. The van der Waals surface area contributed by atoms with Crippen molar-refractivity contribution >= 4 is 17.9 Å². The maximum Gasteiger partial charge on any atom is 0.405 e. The average molecular weight is 362 g/mol. The average Bonchev–Trinajstić information content (AvgIpc) is 2.57. The molecule has 136 valence electrons. The van der Waals surface area contributed by atoms with Crippen LogP contribution in [0, 0.1) is 0 Å². The lowest BCUT2D eigenvalue weighted by Crippen LogP contribution is -2.44. The number of halogens is 3. The largest absolute Gasteiger partial charge is 0.486 e. The normalized spacial score (nSPS) is 12.9. The summed E-state index contributed by atoms with van der Waals surface area (Å²) in [6, 6.07) is 2.90. The predicted octanol–water partition coefficient (Wildman–Crippen LogP) is 1.00. The predicted molar refractivity (Wildman–Crippen MR) is 75.3 cm³/mol. The minimum atomic E-state index is -4.61. The molecule has 2 rings (SSSR count). The zero-order valence-corrected chi connectivity index (χ0v) is 12.6. The number of carbonyl (C=O) groups is 3. The van der Waals surface area contributed by atoms with Crippen molar-refractivity contribution < 1.29 is 41.8 Å². The van der Waals surface area contributed by atoms with E-state index in [9.17, 15) is 27.6 Å². The number of ether oxygens (including phenoxy) is 3. The molecule has 25 heavy (non-hydrogen) atoms. The minimum Gasteiger partial charge on any atom is -0.486 e. The van der Waals surface area contributed by atoms with Crippen molar-refractivity contribution in [2.24, 2.45) is 0 Å². The topological polar surface area (TPSA) is 103 Å². The molecule has 1 heterocycles. The molecule has 0 radical (unpaired) electrons. The van der Waals surface area contributed by atoms with E-state index >= 15 is 0 Å². The third-order valence-electron chi connectivity index (χ3n) is 2.81. The highest BCUT2D eigenvalue weighted by molar-refractivity contribution is 5.97. The molecule has 1 aliphatic heterocycles. The summed E-state index contributed by atoms with van der Waals surface area (Å²) in [5.74, 6) is -1.15. The fourth-order valence-corrected chi connectivity index (χ4v) is 1.77. The van der Waals surface area contributed by atoms with Crippen molar-refractivity contribution in [1.29, 1.82) is 0 Å². The minimum absolute atomic E-state index is 0.0820. The number of hydrogen-bond acceptors (Lipinski definition) is 6. The Kier molecular flexibility index (Phi) is 5.67. The highest BCUT2D eigenvalue weighted by Gasteiger charge is 2.28. The van der Waals surface area contributed by atoms with Gasteiger partial charge in [0, 0.05) is 0 Å². The van der Waals surface area contributed by atoms with Crippen LogP contribution in [-0.4, -0.2) is 50.4 Å². The monoisotopic (exact) mass is 362 g/mol. The molecule has 11 heteroatoms. The molecule has 1 aliphatic rings. The van der Waals surface area contributed by atoms with E-state index in [-0.39, 0.29) is 5.56 Å². The lowest BCUT2D eigenvalue weighted by atomic mass is 10.2. The molecule has 0 aromatic heterocycles. The Hall–Kier alpha value is -2.98. The molecule has 0 saturated carbocycles. The van der Waals surface area contributed by atoms with Crippen molar-refractivity contribution in [2.45, 2.75) is 6.18 Å². The van der Waals surface area contributed by atoms with Crippen molar-refractivity contribution in [3.8, 4) is 11.5 Å². The number of alkyl halides is 3. The zero-order valence-electron chi connectivity index (χ0n) is 12.6. The first-order chi connectivity index (χ1) is 11.7. The van der Waals surface area contributed by atoms with Gasteiger partial charge in [0.1, 0.15) is 19.8 Å². The standard InChI is InChI=1S/C14H13F3N2O6/c15-14(16,17)7-18-13(22)19-11(20)6-25-12(21)8-1-2-9-10(5-8)24-4-3-23-9/h1-2,5H,3-4,6-7H2,(H2,18,19,20,22). The van der Waals surface area contributed by atoms with Crippen LogP contribution < -0.4 is 20.1 Å². The number of nitrogens with one attached hydrogen (secondary N) is 2. The number of esters is 1. The highest BCUT2D eigenvalue weighted by Crippen LogP contribution is 2.30. The first kappa shape index (κ1) is 18.4. The van der Waals surface area contributed by atoms with Gasteiger partial charge < -0.3 is 19.5 Å². The van der Waals surface area contributed by atoms with Crippen LogP contribution in [0.4, 0.5) is 18.0 Å². The van der Waals surface area contributed by atoms with Gasteiger partial charge in [-0.1, -0.05) is 0 Å². The summed E-state index contributed by atoms with van der Waals surface area (Å²) in [6.07, 6.45) is -4.61. The summed E-state index contributed by atoms with van der Waals surface area (Å²) < 4.78 is 50.9. The van der Waals surface area contributed by atoms with E-state index in [1.165, 1.54) is 23.5 Å². The molecule has 0 unspecified atom stereocenters. The summed E-state index contributed by atoms with van der Waals surface area (Å²) in [7, 11) is 0. The first-order valence-electron chi connectivity index (χ1n) is 6.96. The molecule has 1 aromatic carbocycles. The van der Waals surface area contributed by atoms with E-state index in [1.807, 2.05) is 0 Å². The van der Waals surface area contributed by atoms with Crippen molar-refractivity contribution in [2.75, 3.05) is 26.4 Å². The lowest BCUT2D eigenvalue weighted by molar-refractivity contribution is -0.125. The van der Waals surface area contributed by atoms with Gasteiger partial charge >= 0.3 is 18.2 Å². The SMILES string of the molecule is O=C(COC(=O)c1ccc2c(c1)OCCO2)NC(=O)NCC(F)(F)F. The number of amides is 3. The molecule has 3 amide bonds. The smallest absolute Gasteiger partial charge is 0.405 e. The van der Waals surface area contributed by atoms with E-state index in [0.717, 1.165) is 0 Å². The number of fused-ring (bicyclic) bond motifs is 1. The van der Waals surface area contributed by atoms with Crippen molar-refractivity contribution in [3.05, 3.63) is 23.8 Å². The van der Waals surface area contributed by atoms with Crippen molar-refractivity contribution in [1.82, 2.24) is 10.6 Å². The van der Waals surface area contributed by atoms with E-state index in [0.29, 0.717) is 24.7 Å². The van der Waals surface area contributed by atoms with Crippen LogP contribution in [0.2, 0.25) is 0 Å². The summed E-state index contributed by atoms with van der Waals surface area (Å²) in [4.78, 5) is 34.3. The molecule has 0 aliphatic carbocycles. The molecule has 0 bridgehead atoms. The second kappa shape index (κ2) is 7.73. The second-order valence-corrected chi connectivity index (χ2v) is 4.78. The van der Waals surface area contributed by atoms with Crippen LogP contribution >= 0.6 is 0 Å². The van der Waals surface area contributed by atoms with Gasteiger partial charge in [0.05, 0.1) is 5.56 Å². The van der Waals surface area contributed by atoms with Gasteiger partial charge in [0.15, 0.2) is 18.1 Å². The quantitative estimate of drug-likeness (QED) is 0.775. The summed E-state index contributed by atoms with van der Waals surface area (Å²) in [6.45, 7) is -1.73. The number of carbonyl (C=O) groups excluding carboxylic acids is 3. The Morgan fingerprint density at radius 2 is 1.80 bits per heavy atom. The third kappa shape index (κ3) is 5.86. The number of hydrogen-bond donors (Lipinski definition) is 2. The molecular weight excluding hydrogens is 349 g/mol. The number of rotatable bonds is 4. The van der Waals surface area contributed by atoms with Gasteiger partial charge in [-0.3, -0.25) is 10.1 Å². The number of urea groups is 1. The fourth-order valence-electron chi connectivity index (χ4n) is 1.77. The van der Waals surface area contributed by atoms with Gasteiger partial charge in [-0.05, 0) is 18.2 Å². The molecule has 0 saturated heterocycles. The molecule has 2 N–H and O–H groups in total. The molecule has 0 spiro atoms. The van der Waals surface area contributed by atoms with Crippen LogP contribution in [0.25, 0.3) is 0 Å². The summed E-state index contributed by atoms with van der Waals surface area (Å²) >= 11 is 0. The Balaban J connectivity index is 1.79. The van der Waals surface area contributed by atoms with Crippen LogP contribution in [0.1, 0.15) is 10.4 Å². The van der Waals surface area contributed by atoms with Crippen LogP contribution in [0.3, 0.4) is 0 Å². The Morgan fingerprint density at radius 1 is 1.12 bits per heavy atom. The molecular formula is C14H13F3N2O6. The Labute approximate surface area is 139 Å². The highest BCUT2D eigenvalue weighted by atomic mass is 19.4. The Bertz CT molecular complexity index is 677. The van der Waals surface area contributed by atoms with Gasteiger partial charge in [-0.15, -0.1) is 0 Å². The van der Waals surface area contributed by atoms with Crippen LogP contribution in [0.15, 0.2) is 18.2 Å². The molecule has 8 nitrogen and oxygen atoms in total. The second-order valence-electron chi connectivity index (χ2n) is 4.78. The molecule has 0 atom stereocenters. The summed E-state index contributed by atoms with van der Waals surface area (Å²) in [5.41, 5.74) is 0.0820. The summed E-state index contributed by atoms with van der Waals surface area (Å²) in [5, 5.41) is 3.04. The van der Waals surface area contributed by atoms with E-state index in [2.05, 4.69) is 4.74 Å². The number of benzene rings is 1. The van der Waals surface area contributed by atoms with E-state index < -0.39 is 37.2 Å². The third-order valence-corrected chi connectivity index (χ3v) is 2.81. The zero-order chi connectivity index (χ0) is 18.4. The lowest BCUT2D eigenvalue weighted by Gasteiger charge is -2.18. The van der Waals surface area contributed by atoms with Gasteiger partial charge in [0.2, 0.25) is 0 Å². The van der Waals surface area contributed by atoms with Crippen molar-refractivity contribution in [3.63, 3.8) is 0 Å². The number of imide groups is 1. The first-order valence-corrected chi connectivity index (χ1v) is 6.96. The van der Waals surface area contributed by atoms with E-state index in [4.69, 9.17) is 9.47 Å². The van der Waals surface area contributed by atoms with Crippen LogP contribution in [-0.2, 0) is 9.53 Å². The van der Waals surface area contributed by atoms with Gasteiger partial charge in [-0.25, -0.2) is 9.59 Å². The van der Waals surface area contributed by atoms with Crippen LogP contribution in [0.5, 0.6) is 11.5 Å². The maximum atomic E-state index is 11.9. The van der Waals surface area contributed by atoms with Gasteiger partial charge in [0.25, 0.3) is 5.91 Å².